The van der Waals surface area contributed by atoms with Gasteiger partial charge in [-0.25, -0.2) is 9.78 Å². The molecule has 4 rings (SSSR count). The third-order valence-corrected chi connectivity index (χ3v) is 5.23. The fourth-order valence-corrected chi connectivity index (χ4v) is 3.82. The predicted molar refractivity (Wildman–Crippen MR) is 102 cm³/mol. The summed E-state index contributed by atoms with van der Waals surface area (Å²) in [7, 11) is 0. The molecular weight excluding hydrogens is 346 g/mol. The maximum atomic E-state index is 12.7. The normalized spacial score (nSPS) is 20.7. The van der Waals surface area contributed by atoms with E-state index in [1.807, 2.05) is 30.0 Å². The molecule has 2 N–H and O–H groups in total. The Balaban J connectivity index is 1.39. The molecule has 2 aliphatic heterocycles. The number of aromatic amines is 1. The van der Waals surface area contributed by atoms with Crippen LogP contribution < -0.4 is 5.32 Å². The number of nitrogens with one attached hydrogen (secondary N) is 2. The van der Waals surface area contributed by atoms with E-state index >= 15 is 0 Å². The highest BCUT2D eigenvalue weighted by Gasteiger charge is 2.31. The first kappa shape index (κ1) is 17.8. The number of nitrogens with zero attached hydrogens (tertiary/aromatic N) is 3. The van der Waals surface area contributed by atoms with E-state index < -0.39 is 0 Å². The summed E-state index contributed by atoms with van der Waals surface area (Å²) in [6.07, 6.45) is 1.67. The van der Waals surface area contributed by atoms with Gasteiger partial charge in [-0.2, -0.15) is 0 Å². The van der Waals surface area contributed by atoms with Gasteiger partial charge in [0.1, 0.15) is 5.82 Å². The molecular formula is C19H25N5O3. The summed E-state index contributed by atoms with van der Waals surface area (Å²) in [5, 5.41) is 2.95. The summed E-state index contributed by atoms with van der Waals surface area (Å²) in [5.74, 6) is 0.861. The van der Waals surface area contributed by atoms with Crippen molar-refractivity contribution in [1.82, 2.24) is 19.8 Å². The second-order valence-electron chi connectivity index (χ2n) is 7.21. The number of aromatic nitrogens is 2. The van der Waals surface area contributed by atoms with Gasteiger partial charge in [0.2, 0.25) is 5.91 Å². The quantitative estimate of drug-likeness (QED) is 0.844. The number of imidazole rings is 1. The number of piperidine rings is 1. The molecule has 0 spiro atoms. The molecule has 3 amide bonds. The molecule has 1 aromatic carbocycles. The Kier molecular flexibility index (Phi) is 4.98. The third kappa shape index (κ3) is 3.90. The molecule has 27 heavy (non-hydrogen) atoms. The SMILES string of the molecule is Cc1nc2ccc(NC(=O)N3CCC[C@@H](C(=O)N4CCOCC4)C3)cc2[nH]1. The molecule has 2 aromatic rings. The number of hydrogen-bond acceptors (Lipinski definition) is 4. The highest BCUT2D eigenvalue weighted by molar-refractivity contribution is 5.92. The maximum Gasteiger partial charge on any atom is 0.321 e. The Hall–Kier alpha value is -2.61. The van der Waals surface area contributed by atoms with E-state index in [1.54, 1.807) is 4.90 Å². The minimum atomic E-state index is -0.162. The second-order valence-corrected chi connectivity index (χ2v) is 7.21. The number of fused-ring (bicyclic) bond motifs is 1. The zero-order valence-electron chi connectivity index (χ0n) is 15.5. The lowest BCUT2D eigenvalue weighted by Crippen LogP contribution is -2.50. The van der Waals surface area contributed by atoms with Crippen molar-refractivity contribution in [3.63, 3.8) is 0 Å². The van der Waals surface area contributed by atoms with Gasteiger partial charge in [-0.15, -0.1) is 0 Å². The summed E-state index contributed by atoms with van der Waals surface area (Å²) in [6.45, 7) is 5.52. The van der Waals surface area contributed by atoms with Crippen LogP contribution in [0.5, 0.6) is 0 Å². The Morgan fingerprint density at radius 1 is 1.22 bits per heavy atom. The fourth-order valence-electron chi connectivity index (χ4n) is 3.82. The van der Waals surface area contributed by atoms with Crippen molar-refractivity contribution in [1.29, 1.82) is 0 Å². The molecule has 0 aliphatic carbocycles. The monoisotopic (exact) mass is 371 g/mol. The van der Waals surface area contributed by atoms with Crippen LogP contribution in [0.2, 0.25) is 0 Å². The van der Waals surface area contributed by atoms with Gasteiger partial charge in [-0.1, -0.05) is 0 Å². The van der Waals surface area contributed by atoms with Gasteiger partial charge >= 0.3 is 6.03 Å². The van der Waals surface area contributed by atoms with Crippen LogP contribution in [0.15, 0.2) is 18.2 Å². The number of hydrogen-bond donors (Lipinski definition) is 2. The summed E-state index contributed by atoms with van der Waals surface area (Å²) in [5.41, 5.74) is 2.49. The van der Waals surface area contributed by atoms with Gasteiger partial charge in [0, 0.05) is 31.9 Å². The molecule has 1 aromatic heterocycles. The van der Waals surface area contributed by atoms with Crippen molar-refractivity contribution in [2.75, 3.05) is 44.7 Å². The first-order valence-corrected chi connectivity index (χ1v) is 9.49. The van der Waals surface area contributed by atoms with Crippen LogP contribution in [0.1, 0.15) is 18.7 Å². The molecule has 0 saturated carbocycles. The minimum Gasteiger partial charge on any atom is -0.378 e. The van der Waals surface area contributed by atoms with Crippen LogP contribution in [0.4, 0.5) is 10.5 Å². The number of H-pyrrole nitrogens is 1. The van der Waals surface area contributed by atoms with Crippen molar-refractivity contribution in [3.8, 4) is 0 Å². The zero-order chi connectivity index (χ0) is 18.8. The molecule has 2 saturated heterocycles. The van der Waals surface area contributed by atoms with E-state index in [-0.39, 0.29) is 17.9 Å². The van der Waals surface area contributed by atoms with E-state index in [0.29, 0.717) is 39.4 Å². The predicted octanol–water partition coefficient (Wildman–Crippen LogP) is 1.97. The number of likely N-dealkylation sites (tertiary alicyclic amines) is 1. The van der Waals surface area contributed by atoms with Gasteiger partial charge in [0.15, 0.2) is 0 Å². The van der Waals surface area contributed by atoms with E-state index in [1.165, 1.54) is 0 Å². The molecule has 0 bridgehead atoms. The van der Waals surface area contributed by atoms with Crippen molar-refractivity contribution >= 4 is 28.7 Å². The molecule has 1 atom stereocenters. The van der Waals surface area contributed by atoms with Crippen LogP contribution in [0.3, 0.4) is 0 Å². The first-order valence-electron chi connectivity index (χ1n) is 9.49. The molecule has 144 valence electrons. The highest BCUT2D eigenvalue weighted by Crippen LogP contribution is 2.22. The number of amides is 3. The van der Waals surface area contributed by atoms with Gasteiger partial charge in [0.05, 0.1) is 30.2 Å². The van der Waals surface area contributed by atoms with Crippen LogP contribution in [0.25, 0.3) is 11.0 Å². The zero-order valence-corrected chi connectivity index (χ0v) is 15.5. The number of benzene rings is 1. The number of urea groups is 1. The van der Waals surface area contributed by atoms with Gasteiger partial charge < -0.3 is 24.8 Å². The number of rotatable bonds is 2. The minimum absolute atomic E-state index is 0.125. The number of carbonyl (C=O) groups is 2. The van der Waals surface area contributed by atoms with E-state index in [0.717, 1.165) is 35.4 Å². The first-order chi connectivity index (χ1) is 13.1. The Morgan fingerprint density at radius 2 is 2.04 bits per heavy atom. The number of carbonyl (C=O) groups excluding carboxylic acids is 2. The Bertz CT molecular complexity index is 843. The standard InChI is InChI=1S/C19H25N5O3/c1-13-20-16-5-4-15(11-17(16)21-13)22-19(26)24-6-2-3-14(12-24)18(25)23-7-9-27-10-8-23/h4-5,11,14H,2-3,6-10,12H2,1H3,(H,20,21)(H,22,26)/t14-/m1/s1. The third-order valence-electron chi connectivity index (χ3n) is 5.23. The lowest BCUT2D eigenvalue weighted by Gasteiger charge is -2.36. The lowest BCUT2D eigenvalue weighted by atomic mass is 9.96. The molecule has 8 heteroatoms. The van der Waals surface area contributed by atoms with Gasteiger partial charge in [-0.05, 0) is 38.0 Å². The summed E-state index contributed by atoms with van der Waals surface area (Å²) in [4.78, 5) is 36.6. The smallest absolute Gasteiger partial charge is 0.321 e. The van der Waals surface area contributed by atoms with Crippen LogP contribution in [0, 0.1) is 12.8 Å². The van der Waals surface area contributed by atoms with Gasteiger partial charge in [-0.3, -0.25) is 4.79 Å². The summed E-state index contributed by atoms with van der Waals surface area (Å²) in [6, 6.07) is 5.45. The number of aryl methyl sites for hydroxylation is 1. The number of ether oxygens (including phenoxy) is 1. The van der Waals surface area contributed by atoms with Crippen molar-refractivity contribution < 1.29 is 14.3 Å². The Labute approximate surface area is 157 Å². The average molecular weight is 371 g/mol. The summed E-state index contributed by atoms with van der Waals surface area (Å²) >= 11 is 0. The maximum absolute atomic E-state index is 12.7. The van der Waals surface area contributed by atoms with Crippen LogP contribution >= 0.6 is 0 Å². The molecule has 2 fully saturated rings. The topological polar surface area (TPSA) is 90.6 Å². The van der Waals surface area contributed by atoms with Crippen LogP contribution in [-0.2, 0) is 9.53 Å². The molecule has 0 unspecified atom stereocenters. The molecule has 3 heterocycles. The van der Waals surface area contributed by atoms with Crippen molar-refractivity contribution in [2.24, 2.45) is 5.92 Å². The number of morpholine rings is 1. The fraction of sp³-hybridized carbons (Fsp3) is 0.526. The average Bonchev–Trinajstić information content (AvgIpc) is 3.07. The lowest BCUT2D eigenvalue weighted by molar-refractivity contribution is -0.141. The highest BCUT2D eigenvalue weighted by atomic mass is 16.5. The molecule has 2 aliphatic rings. The van der Waals surface area contributed by atoms with Gasteiger partial charge in [0.25, 0.3) is 0 Å². The Morgan fingerprint density at radius 3 is 2.85 bits per heavy atom. The van der Waals surface area contributed by atoms with E-state index in [9.17, 15) is 9.59 Å². The largest absolute Gasteiger partial charge is 0.378 e. The number of anilines is 1. The molecule has 0 radical (unpaired) electrons. The second kappa shape index (κ2) is 7.56. The summed E-state index contributed by atoms with van der Waals surface area (Å²) < 4.78 is 5.32. The van der Waals surface area contributed by atoms with E-state index in [4.69, 9.17) is 4.74 Å². The van der Waals surface area contributed by atoms with E-state index in [2.05, 4.69) is 15.3 Å². The van der Waals surface area contributed by atoms with Crippen molar-refractivity contribution in [3.05, 3.63) is 24.0 Å². The molecule has 8 nitrogen and oxygen atoms in total. The van der Waals surface area contributed by atoms with Crippen molar-refractivity contribution in [2.45, 2.75) is 19.8 Å². The van der Waals surface area contributed by atoms with Crippen LogP contribution in [-0.4, -0.2) is 71.1 Å².